The van der Waals surface area contributed by atoms with Crippen molar-refractivity contribution in [3.63, 3.8) is 0 Å². The van der Waals surface area contributed by atoms with Crippen LogP contribution in [0.2, 0.25) is 0 Å². The molecule has 0 bridgehead atoms. The zero-order valence-electron chi connectivity index (χ0n) is 11.0. The molecule has 6 nitrogen and oxygen atoms in total. The van der Waals surface area contributed by atoms with E-state index in [1.807, 2.05) is 6.92 Å². The van der Waals surface area contributed by atoms with Crippen LogP contribution in [0.4, 0.5) is 0 Å². The summed E-state index contributed by atoms with van der Waals surface area (Å²) in [5.41, 5.74) is 0.618. The average molecular weight is 291 g/mol. The summed E-state index contributed by atoms with van der Waals surface area (Å²) in [5, 5.41) is 12.6. The minimum atomic E-state index is -1.05. The summed E-state index contributed by atoms with van der Waals surface area (Å²) in [7, 11) is 0. The van der Waals surface area contributed by atoms with Gasteiger partial charge in [0.2, 0.25) is 0 Å². The van der Waals surface area contributed by atoms with Crippen LogP contribution in [0.25, 0.3) is 0 Å². The quantitative estimate of drug-likeness (QED) is 0.895. The van der Waals surface area contributed by atoms with Crippen molar-refractivity contribution in [2.45, 2.75) is 20.4 Å². The number of carboxylic acids is 1. The van der Waals surface area contributed by atoms with E-state index in [1.165, 1.54) is 23.5 Å². The van der Waals surface area contributed by atoms with Crippen LogP contribution in [-0.2, 0) is 6.54 Å². The van der Waals surface area contributed by atoms with Crippen molar-refractivity contribution in [3.05, 3.63) is 45.2 Å². The first-order chi connectivity index (χ1) is 9.47. The molecule has 0 aliphatic carbocycles. The zero-order valence-corrected chi connectivity index (χ0v) is 11.8. The number of carboxylic acid groups (broad SMARTS) is 1. The lowest BCUT2D eigenvalue weighted by Gasteiger charge is -2.05. The van der Waals surface area contributed by atoms with Gasteiger partial charge in [0.05, 0.1) is 22.8 Å². The highest BCUT2D eigenvalue weighted by Crippen LogP contribution is 2.11. The van der Waals surface area contributed by atoms with Gasteiger partial charge >= 0.3 is 5.97 Å². The van der Waals surface area contributed by atoms with Crippen LogP contribution in [0.1, 0.15) is 36.4 Å². The summed E-state index contributed by atoms with van der Waals surface area (Å²) < 4.78 is 0. The summed E-state index contributed by atoms with van der Waals surface area (Å²) in [6, 6.07) is 2.79. The highest BCUT2D eigenvalue weighted by molar-refractivity contribution is 7.11. The third-order valence-electron chi connectivity index (χ3n) is 2.64. The standard InChI is InChI=1S/C13H13N3O3S/c1-7-10(13(18)19)3-4-11(16-7)12(17)15-6-9-5-14-8(2)20-9/h3-5H,6H2,1-2H3,(H,15,17)(H,18,19). The SMILES string of the molecule is Cc1ncc(CNC(=O)c2ccc(C(=O)O)c(C)n2)s1. The smallest absolute Gasteiger partial charge is 0.337 e. The minimum Gasteiger partial charge on any atom is -0.478 e. The summed E-state index contributed by atoms with van der Waals surface area (Å²) in [6.45, 7) is 3.84. The fourth-order valence-electron chi connectivity index (χ4n) is 1.66. The van der Waals surface area contributed by atoms with Gasteiger partial charge in [-0.05, 0) is 26.0 Å². The molecule has 2 aromatic rings. The minimum absolute atomic E-state index is 0.0969. The van der Waals surface area contributed by atoms with Gasteiger partial charge < -0.3 is 10.4 Å². The number of rotatable bonds is 4. The van der Waals surface area contributed by atoms with E-state index in [1.54, 1.807) is 13.1 Å². The number of hydrogen-bond donors (Lipinski definition) is 2. The van der Waals surface area contributed by atoms with Crippen molar-refractivity contribution < 1.29 is 14.7 Å². The summed E-state index contributed by atoms with van der Waals surface area (Å²) >= 11 is 1.51. The Hall–Kier alpha value is -2.28. The van der Waals surface area contributed by atoms with Crippen LogP contribution in [-0.4, -0.2) is 27.0 Å². The van der Waals surface area contributed by atoms with Crippen LogP contribution >= 0.6 is 11.3 Å². The first-order valence-corrected chi connectivity index (χ1v) is 6.69. The first kappa shape index (κ1) is 14.1. The van der Waals surface area contributed by atoms with Crippen molar-refractivity contribution in [2.75, 3.05) is 0 Å². The fourth-order valence-corrected chi connectivity index (χ4v) is 2.39. The van der Waals surface area contributed by atoms with Crippen LogP contribution in [0.15, 0.2) is 18.3 Å². The number of aromatic carboxylic acids is 1. The highest BCUT2D eigenvalue weighted by atomic mass is 32.1. The average Bonchev–Trinajstić information content (AvgIpc) is 2.81. The van der Waals surface area contributed by atoms with E-state index in [0.29, 0.717) is 12.2 Å². The Morgan fingerprint density at radius 2 is 2.10 bits per heavy atom. The maximum atomic E-state index is 11.9. The number of carbonyl (C=O) groups excluding carboxylic acids is 1. The molecule has 7 heteroatoms. The Morgan fingerprint density at radius 3 is 2.65 bits per heavy atom. The largest absolute Gasteiger partial charge is 0.478 e. The maximum absolute atomic E-state index is 11.9. The molecule has 2 aromatic heterocycles. The van der Waals surface area contributed by atoms with Gasteiger partial charge in [-0.25, -0.2) is 14.8 Å². The van der Waals surface area contributed by atoms with Crippen molar-refractivity contribution in [1.29, 1.82) is 0 Å². The monoisotopic (exact) mass is 291 g/mol. The van der Waals surface area contributed by atoms with Crippen LogP contribution in [0, 0.1) is 13.8 Å². The molecule has 0 saturated carbocycles. The molecule has 2 heterocycles. The number of nitrogens with one attached hydrogen (secondary N) is 1. The topological polar surface area (TPSA) is 92.2 Å². The van der Waals surface area contributed by atoms with Crippen LogP contribution in [0.3, 0.4) is 0 Å². The Labute approximate surface area is 119 Å². The van der Waals surface area contributed by atoms with Crippen molar-refractivity contribution in [1.82, 2.24) is 15.3 Å². The Kier molecular flexibility index (Phi) is 4.09. The molecule has 20 heavy (non-hydrogen) atoms. The third kappa shape index (κ3) is 3.18. The number of pyridine rings is 1. The number of thiazole rings is 1. The molecule has 0 aliphatic heterocycles. The van der Waals surface area contributed by atoms with E-state index in [-0.39, 0.29) is 17.2 Å². The normalized spacial score (nSPS) is 10.3. The first-order valence-electron chi connectivity index (χ1n) is 5.88. The highest BCUT2D eigenvalue weighted by Gasteiger charge is 2.13. The second-order valence-electron chi connectivity index (χ2n) is 4.16. The van der Waals surface area contributed by atoms with Gasteiger partial charge in [-0.15, -0.1) is 11.3 Å². The van der Waals surface area contributed by atoms with E-state index in [4.69, 9.17) is 5.11 Å². The van der Waals surface area contributed by atoms with E-state index >= 15 is 0 Å². The van der Waals surface area contributed by atoms with E-state index < -0.39 is 5.97 Å². The van der Waals surface area contributed by atoms with E-state index in [2.05, 4.69) is 15.3 Å². The summed E-state index contributed by atoms with van der Waals surface area (Å²) in [4.78, 5) is 31.9. The molecule has 0 atom stereocenters. The molecule has 104 valence electrons. The number of aromatic nitrogens is 2. The maximum Gasteiger partial charge on any atom is 0.337 e. The fraction of sp³-hybridized carbons (Fsp3) is 0.231. The summed E-state index contributed by atoms with van der Waals surface area (Å²) in [5.74, 6) is -1.39. The molecular weight excluding hydrogens is 278 g/mol. The second-order valence-corrected chi connectivity index (χ2v) is 5.48. The van der Waals surface area contributed by atoms with Crippen LogP contribution < -0.4 is 5.32 Å². The van der Waals surface area contributed by atoms with Crippen molar-refractivity contribution in [2.24, 2.45) is 0 Å². The molecule has 0 radical (unpaired) electrons. The predicted octanol–water partition coefficient (Wildman–Crippen LogP) is 1.78. The Bertz CT molecular complexity index is 667. The van der Waals surface area contributed by atoms with Crippen molar-refractivity contribution >= 4 is 23.2 Å². The Balaban J connectivity index is 2.06. The molecule has 0 aromatic carbocycles. The molecule has 0 fully saturated rings. The third-order valence-corrected chi connectivity index (χ3v) is 3.55. The van der Waals surface area contributed by atoms with Gasteiger partial charge in [-0.2, -0.15) is 0 Å². The van der Waals surface area contributed by atoms with Crippen LogP contribution in [0.5, 0.6) is 0 Å². The van der Waals surface area contributed by atoms with Gasteiger partial charge in [0, 0.05) is 11.1 Å². The zero-order chi connectivity index (χ0) is 14.7. The molecule has 1 amide bonds. The molecule has 0 saturated heterocycles. The summed E-state index contributed by atoms with van der Waals surface area (Å²) in [6.07, 6.45) is 1.71. The lowest BCUT2D eigenvalue weighted by Crippen LogP contribution is -2.24. The number of amides is 1. The Morgan fingerprint density at radius 1 is 1.35 bits per heavy atom. The number of nitrogens with zero attached hydrogens (tertiary/aromatic N) is 2. The number of aryl methyl sites for hydroxylation is 2. The van der Waals surface area contributed by atoms with E-state index in [0.717, 1.165) is 9.88 Å². The van der Waals surface area contributed by atoms with Gasteiger partial charge in [0.25, 0.3) is 5.91 Å². The van der Waals surface area contributed by atoms with Gasteiger partial charge in [-0.1, -0.05) is 0 Å². The molecule has 0 spiro atoms. The van der Waals surface area contributed by atoms with E-state index in [9.17, 15) is 9.59 Å². The molecule has 0 unspecified atom stereocenters. The van der Waals surface area contributed by atoms with Crippen molar-refractivity contribution in [3.8, 4) is 0 Å². The molecule has 2 N–H and O–H groups in total. The molecule has 0 aliphatic rings. The predicted molar refractivity (Wildman–Crippen MR) is 74.0 cm³/mol. The number of hydrogen-bond acceptors (Lipinski definition) is 5. The van der Waals surface area contributed by atoms with Gasteiger partial charge in [0.15, 0.2) is 0 Å². The molecule has 2 rings (SSSR count). The van der Waals surface area contributed by atoms with Gasteiger partial charge in [0.1, 0.15) is 5.69 Å². The number of carbonyl (C=O) groups is 2. The molecular formula is C13H13N3O3S. The van der Waals surface area contributed by atoms with Gasteiger partial charge in [-0.3, -0.25) is 4.79 Å². The second kappa shape index (κ2) is 5.79. The lowest BCUT2D eigenvalue weighted by molar-refractivity contribution is 0.0694. The lowest BCUT2D eigenvalue weighted by atomic mass is 10.2.